The normalized spacial score (nSPS) is 10.1. The molecule has 0 saturated heterocycles. The van der Waals surface area contributed by atoms with Crippen LogP contribution in [0.2, 0.25) is 0 Å². The fraction of sp³-hybridized carbons (Fsp3) is 0. The van der Waals surface area contributed by atoms with Gasteiger partial charge in [-0.2, -0.15) is 0 Å². The molecule has 2 rings (SSSR count). The summed E-state index contributed by atoms with van der Waals surface area (Å²) in [5.41, 5.74) is 0. The smallest absolute Gasteiger partial charge is 0.205 e. The number of aromatic nitrogens is 4. The van der Waals surface area contributed by atoms with Crippen molar-refractivity contribution in [1.29, 1.82) is 0 Å². The molecule has 11 heteroatoms. The van der Waals surface area contributed by atoms with Gasteiger partial charge in [0.2, 0.25) is 11.9 Å². The van der Waals surface area contributed by atoms with Crippen molar-refractivity contribution in [3.63, 3.8) is 0 Å². The zero-order valence-corrected chi connectivity index (χ0v) is 12.5. The number of anilines is 2. The van der Waals surface area contributed by atoms with Crippen LogP contribution in [0, 0.1) is 0 Å². The van der Waals surface area contributed by atoms with Gasteiger partial charge in [-0.15, -0.1) is 0 Å². The monoisotopic (exact) mass is 332 g/mol. The molecular weight excluding hydrogens is 324 g/mol. The molecule has 0 spiro atoms. The number of imidazole rings is 2. The standard InChI is InChI=1S/C8H8N6OS4/c16-7(13-5-9-1-2-10-5)18-15-19-8(17)14-6-11-3-4-12-6/h1-4H,(H2,9,10,13,16)(H2,11,12,14,17). The SMILES string of the molecule is S=C(Nc1ncc[nH]1)SOSC(=S)Nc1ncc[nH]1. The van der Waals surface area contributed by atoms with Crippen molar-refractivity contribution < 1.29 is 3.63 Å². The van der Waals surface area contributed by atoms with Crippen LogP contribution in [0.5, 0.6) is 0 Å². The minimum absolute atomic E-state index is 0.420. The summed E-state index contributed by atoms with van der Waals surface area (Å²) in [4.78, 5) is 13.7. The van der Waals surface area contributed by atoms with E-state index >= 15 is 0 Å². The zero-order chi connectivity index (χ0) is 13.5. The average molecular weight is 332 g/mol. The predicted molar refractivity (Wildman–Crippen MR) is 85.9 cm³/mol. The first kappa shape index (κ1) is 14.3. The van der Waals surface area contributed by atoms with Crippen molar-refractivity contribution in [2.75, 3.05) is 10.6 Å². The third-order valence-electron chi connectivity index (χ3n) is 1.66. The molecule has 0 radical (unpaired) electrons. The number of thiocarbonyl (C=S) groups is 2. The average Bonchev–Trinajstić information content (AvgIpc) is 3.02. The molecule has 0 bridgehead atoms. The van der Waals surface area contributed by atoms with Gasteiger partial charge in [0, 0.05) is 24.8 Å². The van der Waals surface area contributed by atoms with Gasteiger partial charge in [-0.25, -0.2) is 13.6 Å². The number of H-pyrrole nitrogens is 2. The minimum atomic E-state index is 0.420. The molecule has 0 unspecified atom stereocenters. The second-order valence-corrected chi connectivity index (χ2v) is 5.96. The molecule has 4 N–H and O–H groups in total. The van der Waals surface area contributed by atoms with E-state index in [0.29, 0.717) is 20.5 Å². The lowest BCUT2D eigenvalue weighted by molar-refractivity contribution is 0.779. The van der Waals surface area contributed by atoms with Gasteiger partial charge < -0.3 is 20.6 Å². The molecule has 0 fully saturated rings. The molecule has 0 saturated carbocycles. The molecule has 0 aliphatic heterocycles. The van der Waals surface area contributed by atoms with E-state index in [0.717, 1.165) is 24.1 Å². The number of rotatable bonds is 4. The van der Waals surface area contributed by atoms with E-state index in [1.54, 1.807) is 24.8 Å². The zero-order valence-electron chi connectivity index (χ0n) is 9.25. The molecule has 2 heterocycles. The number of hydrogen-bond donors (Lipinski definition) is 4. The fourth-order valence-electron chi connectivity index (χ4n) is 0.981. The van der Waals surface area contributed by atoms with Crippen LogP contribution in [0.15, 0.2) is 24.8 Å². The summed E-state index contributed by atoms with van der Waals surface area (Å²) in [5, 5.41) is 5.70. The fourth-order valence-corrected chi connectivity index (χ4v) is 2.58. The molecule has 0 aliphatic rings. The summed E-state index contributed by atoms with van der Waals surface area (Å²) in [7, 11) is 0. The van der Waals surface area contributed by atoms with Gasteiger partial charge in [0.1, 0.15) is 0 Å². The van der Waals surface area contributed by atoms with E-state index in [2.05, 4.69) is 30.6 Å². The number of nitrogens with zero attached hydrogens (tertiary/aromatic N) is 2. The van der Waals surface area contributed by atoms with Crippen molar-refractivity contribution >= 4 is 69.1 Å². The quantitative estimate of drug-likeness (QED) is 0.498. The third kappa shape index (κ3) is 5.16. The lowest BCUT2D eigenvalue weighted by atomic mass is 11.0. The molecule has 0 aliphatic carbocycles. The van der Waals surface area contributed by atoms with Gasteiger partial charge in [-0.3, -0.25) is 0 Å². The highest BCUT2D eigenvalue weighted by atomic mass is 32.2. The Hall–Kier alpha value is -1.14. The maximum Gasteiger partial charge on any atom is 0.205 e. The highest BCUT2D eigenvalue weighted by molar-refractivity contribution is 8.29. The van der Waals surface area contributed by atoms with Crippen molar-refractivity contribution in [2.24, 2.45) is 0 Å². The molecule has 7 nitrogen and oxygen atoms in total. The lowest BCUT2D eigenvalue weighted by Crippen LogP contribution is -2.08. The molecule has 2 aromatic rings. The number of hydrogen-bond acceptors (Lipinski definition) is 7. The van der Waals surface area contributed by atoms with Crippen molar-refractivity contribution in [3.05, 3.63) is 24.8 Å². The maximum absolute atomic E-state index is 5.20. The van der Waals surface area contributed by atoms with E-state index in [-0.39, 0.29) is 0 Å². The first-order chi connectivity index (χ1) is 9.24. The van der Waals surface area contributed by atoms with Crippen molar-refractivity contribution in [2.45, 2.75) is 0 Å². The summed E-state index contributed by atoms with van der Waals surface area (Å²) in [6, 6.07) is 0. The van der Waals surface area contributed by atoms with Gasteiger partial charge >= 0.3 is 0 Å². The largest absolute Gasteiger partial charge is 0.331 e. The highest BCUT2D eigenvalue weighted by Gasteiger charge is 2.05. The van der Waals surface area contributed by atoms with Crippen LogP contribution in [0.3, 0.4) is 0 Å². The first-order valence-corrected chi connectivity index (χ1v) is 7.16. The Morgan fingerprint density at radius 1 is 1.00 bits per heavy atom. The van der Waals surface area contributed by atoms with Crippen LogP contribution in [-0.2, 0) is 3.63 Å². The van der Waals surface area contributed by atoms with Gasteiger partial charge in [0.15, 0.2) is 8.64 Å². The Balaban J connectivity index is 1.63. The van der Waals surface area contributed by atoms with Crippen molar-refractivity contribution in [1.82, 2.24) is 19.9 Å². The van der Waals surface area contributed by atoms with Gasteiger partial charge in [-0.1, -0.05) is 0 Å². The first-order valence-electron chi connectivity index (χ1n) is 4.86. The van der Waals surface area contributed by atoms with E-state index < -0.39 is 0 Å². The second-order valence-electron chi connectivity index (χ2n) is 2.94. The van der Waals surface area contributed by atoms with Crippen LogP contribution in [0.25, 0.3) is 0 Å². The van der Waals surface area contributed by atoms with E-state index in [4.69, 9.17) is 28.1 Å². The van der Waals surface area contributed by atoms with E-state index in [1.807, 2.05) is 0 Å². The topological polar surface area (TPSA) is 90.7 Å². The summed E-state index contributed by atoms with van der Waals surface area (Å²) in [5.74, 6) is 1.12. The second kappa shape index (κ2) is 7.45. The van der Waals surface area contributed by atoms with Gasteiger partial charge in [0.25, 0.3) is 0 Å². The van der Waals surface area contributed by atoms with E-state index in [1.165, 1.54) is 0 Å². The molecular formula is C8H8N6OS4. The number of nitrogens with one attached hydrogen (secondary N) is 4. The summed E-state index contributed by atoms with van der Waals surface area (Å²) in [6.07, 6.45) is 6.61. The van der Waals surface area contributed by atoms with Crippen LogP contribution in [0.4, 0.5) is 11.9 Å². The Morgan fingerprint density at radius 3 is 1.84 bits per heavy atom. The van der Waals surface area contributed by atoms with E-state index in [9.17, 15) is 0 Å². The van der Waals surface area contributed by atoms with Crippen LogP contribution < -0.4 is 10.6 Å². The van der Waals surface area contributed by atoms with Crippen LogP contribution >= 0.6 is 48.5 Å². The Labute approximate surface area is 128 Å². The Kier molecular flexibility index (Phi) is 5.60. The molecule has 2 aromatic heterocycles. The summed E-state index contributed by atoms with van der Waals surface area (Å²) >= 11 is 12.0. The van der Waals surface area contributed by atoms with Crippen LogP contribution in [0.1, 0.15) is 0 Å². The molecule has 100 valence electrons. The molecule has 0 aromatic carbocycles. The Bertz CT molecular complexity index is 479. The Morgan fingerprint density at radius 2 is 1.47 bits per heavy atom. The summed E-state index contributed by atoms with van der Waals surface area (Å²) in [6.45, 7) is 0. The van der Waals surface area contributed by atoms with Gasteiger partial charge in [-0.05, 0) is 24.4 Å². The predicted octanol–water partition coefficient (Wildman–Crippen LogP) is 2.54. The lowest BCUT2D eigenvalue weighted by Gasteiger charge is -2.05. The molecule has 0 amide bonds. The third-order valence-corrected chi connectivity index (χ3v) is 3.32. The number of aromatic amines is 2. The highest BCUT2D eigenvalue weighted by Crippen LogP contribution is 2.19. The van der Waals surface area contributed by atoms with Crippen LogP contribution in [-0.4, -0.2) is 28.6 Å². The molecule has 0 atom stereocenters. The summed E-state index contributed by atoms with van der Waals surface area (Å²) < 4.78 is 6.04. The minimum Gasteiger partial charge on any atom is -0.331 e. The van der Waals surface area contributed by atoms with Crippen molar-refractivity contribution in [3.8, 4) is 0 Å². The maximum atomic E-state index is 5.20. The molecule has 19 heavy (non-hydrogen) atoms. The van der Waals surface area contributed by atoms with Gasteiger partial charge in [0.05, 0.1) is 24.1 Å².